The number of nitrogens with zero attached hydrogens (tertiary/aromatic N) is 2. The molecule has 3 aromatic rings. The summed E-state index contributed by atoms with van der Waals surface area (Å²) in [6, 6.07) is 10.1. The quantitative estimate of drug-likeness (QED) is 0.790. The van der Waals surface area contributed by atoms with E-state index in [0.29, 0.717) is 0 Å². The number of benzene rings is 1. The average Bonchev–Trinajstić information content (AvgIpc) is 2.96. The van der Waals surface area contributed by atoms with Gasteiger partial charge in [0.2, 0.25) is 0 Å². The van der Waals surface area contributed by atoms with Crippen LogP contribution in [0.15, 0.2) is 42.0 Å². The van der Waals surface area contributed by atoms with Crippen LogP contribution in [0.5, 0.6) is 5.75 Å². The predicted molar refractivity (Wildman–Crippen MR) is 82.4 cm³/mol. The zero-order valence-electron chi connectivity index (χ0n) is 11.3. The first-order valence-electron chi connectivity index (χ1n) is 6.37. The zero-order valence-corrected chi connectivity index (χ0v) is 12.1. The first kappa shape index (κ1) is 12.9. The molecule has 2 aromatic heterocycles. The smallest absolute Gasteiger partial charge is 0.147 e. The van der Waals surface area contributed by atoms with E-state index in [9.17, 15) is 0 Å². The monoisotopic (exact) mass is 285 g/mol. The molecule has 0 aliphatic rings. The molecule has 0 fully saturated rings. The van der Waals surface area contributed by atoms with Crippen LogP contribution in [0, 0.1) is 0 Å². The molecule has 5 heteroatoms. The van der Waals surface area contributed by atoms with E-state index in [4.69, 9.17) is 4.74 Å². The molecule has 4 nitrogen and oxygen atoms in total. The van der Waals surface area contributed by atoms with E-state index in [1.165, 1.54) is 0 Å². The van der Waals surface area contributed by atoms with Gasteiger partial charge in [-0.15, -0.1) is 11.3 Å². The average molecular weight is 285 g/mol. The molecule has 2 heterocycles. The molecule has 0 aliphatic heterocycles. The van der Waals surface area contributed by atoms with E-state index in [0.717, 1.165) is 27.3 Å². The lowest BCUT2D eigenvalue weighted by Gasteiger charge is -2.17. The van der Waals surface area contributed by atoms with Crippen molar-refractivity contribution in [1.29, 1.82) is 0 Å². The minimum atomic E-state index is 0.103. The van der Waals surface area contributed by atoms with Gasteiger partial charge in [-0.3, -0.25) is 0 Å². The molecule has 102 valence electrons. The summed E-state index contributed by atoms with van der Waals surface area (Å²) in [7, 11) is 1.69. The number of rotatable bonds is 4. The number of thiophene rings is 1. The number of hydrogen-bond acceptors (Lipinski definition) is 5. The third-order valence-electron chi connectivity index (χ3n) is 3.20. The largest absolute Gasteiger partial charge is 0.496 e. The minimum Gasteiger partial charge on any atom is -0.496 e. The topological polar surface area (TPSA) is 47.0 Å². The Balaban J connectivity index is 1.92. The third-order valence-corrected chi connectivity index (χ3v) is 4.11. The summed E-state index contributed by atoms with van der Waals surface area (Å²) in [5.41, 5.74) is 2.08. The highest BCUT2D eigenvalue weighted by molar-refractivity contribution is 7.17. The van der Waals surface area contributed by atoms with Crippen molar-refractivity contribution < 1.29 is 4.74 Å². The van der Waals surface area contributed by atoms with Crippen LogP contribution in [0.3, 0.4) is 0 Å². The normalized spacial score (nSPS) is 12.3. The van der Waals surface area contributed by atoms with Crippen LogP contribution in [-0.2, 0) is 0 Å². The fourth-order valence-electron chi connectivity index (χ4n) is 2.20. The van der Waals surface area contributed by atoms with E-state index in [-0.39, 0.29) is 6.04 Å². The van der Waals surface area contributed by atoms with Crippen LogP contribution in [-0.4, -0.2) is 17.1 Å². The second kappa shape index (κ2) is 5.46. The highest BCUT2D eigenvalue weighted by Gasteiger charge is 2.13. The van der Waals surface area contributed by atoms with Crippen molar-refractivity contribution in [3.05, 3.63) is 47.6 Å². The Morgan fingerprint density at radius 1 is 1.20 bits per heavy atom. The highest BCUT2D eigenvalue weighted by atomic mass is 32.1. The number of fused-ring (bicyclic) bond motifs is 1. The summed E-state index contributed by atoms with van der Waals surface area (Å²) < 4.78 is 6.48. The Labute approximate surface area is 121 Å². The Bertz CT molecular complexity index is 726. The number of ether oxygens (including phenoxy) is 1. The summed E-state index contributed by atoms with van der Waals surface area (Å²) in [6.45, 7) is 2.10. The SMILES string of the molecule is COc1ccccc1[C@H](C)Nc1ncnc2ccsc12. The van der Waals surface area contributed by atoms with Gasteiger partial charge in [0.1, 0.15) is 17.9 Å². The first-order chi connectivity index (χ1) is 9.79. The summed E-state index contributed by atoms with van der Waals surface area (Å²) in [5, 5.41) is 5.47. The maximum absolute atomic E-state index is 5.41. The Hall–Kier alpha value is -2.14. The Morgan fingerprint density at radius 2 is 2.05 bits per heavy atom. The number of aromatic nitrogens is 2. The fraction of sp³-hybridized carbons (Fsp3) is 0.200. The van der Waals surface area contributed by atoms with E-state index >= 15 is 0 Å². The Morgan fingerprint density at radius 3 is 2.90 bits per heavy atom. The lowest BCUT2D eigenvalue weighted by Crippen LogP contribution is -2.09. The fourth-order valence-corrected chi connectivity index (χ4v) is 3.00. The van der Waals surface area contributed by atoms with Crippen molar-refractivity contribution in [2.24, 2.45) is 0 Å². The summed E-state index contributed by atoms with van der Waals surface area (Å²) in [4.78, 5) is 8.60. The van der Waals surface area contributed by atoms with E-state index in [2.05, 4.69) is 28.3 Å². The molecular formula is C15H15N3OS. The van der Waals surface area contributed by atoms with Gasteiger partial charge in [-0.05, 0) is 24.4 Å². The number of hydrogen-bond donors (Lipinski definition) is 1. The molecule has 0 aliphatic carbocycles. The summed E-state index contributed by atoms with van der Waals surface area (Å²) in [6.07, 6.45) is 1.59. The van der Waals surface area contributed by atoms with Gasteiger partial charge in [-0.1, -0.05) is 18.2 Å². The lowest BCUT2D eigenvalue weighted by atomic mass is 10.1. The zero-order chi connectivity index (χ0) is 13.9. The van der Waals surface area contributed by atoms with Crippen LogP contribution in [0.2, 0.25) is 0 Å². The number of methoxy groups -OCH3 is 1. The number of anilines is 1. The molecule has 1 N–H and O–H groups in total. The highest BCUT2D eigenvalue weighted by Crippen LogP contribution is 2.30. The maximum atomic E-state index is 5.41. The minimum absolute atomic E-state index is 0.103. The molecular weight excluding hydrogens is 270 g/mol. The molecule has 3 rings (SSSR count). The molecule has 0 saturated heterocycles. The van der Waals surface area contributed by atoms with Gasteiger partial charge in [0, 0.05) is 5.56 Å². The van der Waals surface area contributed by atoms with E-state index in [1.807, 2.05) is 29.6 Å². The standard InChI is InChI=1S/C15H15N3OS/c1-10(11-5-3-4-6-13(11)19-2)18-15-14-12(7-8-20-14)16-9-17-15/h3-10H,1-2H3,(H,16,17,18)/t10-/m0/s1. The van der Waals surface area contributed by atoms with E-state index in [1.54, 1.807) is 24.8 Å². The van der Waals surface area contributed by atoms with Crippen molar-refractivity contribution in [1.82, 2.24) is 9.97 Å². The van der Waals surface area contributed by atoms with Gasteiger partial charge in [0.05, 0.1) is 23.4 Å². The van der Waals surface area contributed by atoms with Gasteiger partial charge in [0.15, 0.2) is 0 Å². The van der Waals surface area contributed by atoms with Crippen molar-refractivity contribution in [2.45, 2.75) is 13.0 Å². The molecule has 0 saturated carbocycles. The predicted octanol–water partition coefficient (Wildman–Crippen LogP) is 3.87. The molecule has 0 amide bonds. The molecule has 1 atom stereocenters. The van der Waals surface area contributed by atoms with Crippen LogP contribution in [0.25, 0.3) is 10.2 Å². The molecule has 20 heavy (non-hydrogen) atoms. The number of para-hydroxylation sites is 1. The van der Waals surface area contributed by atoms with Crippen molar-refractivity contribution in [2.75, 3.05) is 12.4 Å². The third kappa shape index (κ3) is 2.32. The molecule has 0 bridgehead atoms. The second-order valence-electron chi connectivity index (χ2n) is 4.47. The maximum Gasteiger partial charge on any atom is 0.147 e. The van der Waals surface area contributed by atoms with Gasteiger partial charge >= 0.3 is 0 Å². The molecule has 0 unspecified atom stereocenters. The van der Waals surface area contributed by atoms with Crippen molar-refractivity contribution in [3.63, 3.8) is 0 Å². The van der Waals surface area contributed by atoms with Crippen LogP contribution < -0.4 is 10.1 Å². The number of nitrogens with one attached hydrogen (secondary N) is 1. The first-order valence-corrected chi connectivity index (χ1v) is 7.25. The van der Waals surface area contributed by atoms with Gasteiger partial charge in [-0.25, -0.2) is 9.97 Å². The van der Waals surface area contributed by atoms with Gasteiger partial charge in [0.25, 0.3) is 0 Å². The molecule has 1 aromatic carbocycles. The Kier molecular flexibility index (Phi) is 3.52. The van der Waals surface area contributed by atoms with Crippen molar-refractivity contribution >= 4 is 27.4 Å². The van der Waals surface area contributed by atoms with Crippen LogP contribution in [0.1, 0.15) is 18.5 Å². The van der Waals surface area contributed by atoms with Crippen LogP contribution >= 0.6 is 11.3 Å². The van der Waals surface area contributed by atoms with Crippen LogP contribution in [0.4, 0.5) is 5.82 Å². The summed E-state index contributed by atoms with van der Waals surface area (Å²) in [5.74, 6) is 1.74. The molecule has 0 radical (unpaired) electrons. The summed E-state index contributed by atoms with van der Waals surface area (Å²) >= 11 is 1.64. The van der Waals surface area contributed by atoms with Gasteiger partial charge < -0.3 is 10.1 Å². The van der Waals surface area contributed by atoms with E-state index < -0.39 is 0 Å². The van der Waals surface area contributed by atoms with Gasteiger partial charge in [-0.2, -0.15) is 0 Å². The lowest BCUT2D eigenvalue weighted by molar-refractivity contribution is 0.408. The molecule has 0 spiro atoms. The second-order valence-corrected chi connectivity index (χ2v) is 5.38. The van der Waals surface area contributed by atoms with Crippen molar-refractivity contribution in [3.8, 4) is 5.75 Å².